The number of nitrogens with zero attached hydrogens (tertiary/aromatic N) is 3. The summed E-state index contributed by atoms with van der Waals surface area (Å²) in [7, 11) is 0. The Hall–Kier alpha value is -2.88. The summed E-state index contributed by atoms with van der Waals surface area (Å²) >= 11 is 0. The SMILES string of the molecule is CCNC(=NCc1ccc(Cn2ccnc2)cc1)NCCc1c[nH]c2cc(F)ccc12.I. The summed E-state index contributed by atoms with van der Waals surface area (Å²) in [6.07, 6.45) is 8.33. The van der Waals surface area contributed by atoms with Crippen LogP contribution >= 0.6 is 24.0 Å². The normalized spacial score (nSPS) is 11.4. The maximum absolute atomic E-state index is 13.4. The first-order valence-electron chi connectivity index (χ1n) is 10.5. The summed E-state index contributed by atoms with van der Waals surface area (Å²) in [5, 5.41) is 7.73. The van der Waals surface area contributed by atoms with Gasteiger partial charge in [0, 0.05) is 49.1 Å². The van der Waals surface area contributed by atoms with E-state index in [2.05, 4.69) is 51.8 Å². The van der Waals surface area contributed by atoms with E-state index in [9.17, 15) is 4.39 Å². The topological polar surface area (TPSA) is 70.0 Å². The summed E-state index contributed by atoms with van der Waals surface area (Å²) < 4.78 is 15.4. The Morgan fingerprint density at radius 3 is 2.69 bits per heavy atom. The van der Waals surface area contributed by atoms with Crippen molar-refractivity contribution in [1.82, 2.24) is 25.2 Å². The lowest BCUT2D eigenvalue weighted by Crippen LogP contribution is -2.38. The summed E-state index contributed by atoms with van der Waals surface area (Å²) in [6.45, 7) is 5.00. The summed E-state index contributed by atoms with van der Waals surface area (Å²) in [6, 6.07) is 13.3. The number of H-pyrrole nitrogens is 1. The number of fused-ring (bicyclic) bond motifs is 1. The molecule has 4 aromatic rings. The number of guanidine groups is 1. The quantitative estimate of drug-likeness (QED) is 0.174. The lowest BCUT2D eigenvalue weighted by molar-refractivity contribution is 0.629. The van der Waals surface area contributed by atoms with Gasteiger partial charge in [0.15, 0.2) is 5.96 Å². The Kier molecular flexibility index (Phi) is 8.66. The molecule has 32 heavy (non-hydrogen) atoms. The molecular weight excluding hydrogens is 518 g/mol. The molecule has 0 spiro atoms. The number of halogens is 2. The van der Waals surface area contributed by atoms with Crippen molar-refractivity contribution < 1.29 is 4.39 Å². The molecule has 6 nitrogen and oxygen atoms in total. The van der Waals surface area contributed by atoms with E-state index in [0.29, 0.717) is 6.54 Å². The molecule has 0 saturated carbocycles. The molecule has 0 atom stereocenters. The zero-order chi connectivity index (χ0) is 21.5. The van der Waals surface area contributed by atoms with Gasteiger partial charge in [-0.1, -0.05) is 24.3 Å². The second kappa shape index (κ2) is 11.7. The number of benzene rings is 2. The van der Waals surface area contributed by atoms with E-state index >= 15 is 0 Å². The molecule has 8 heteroatoms. The number of aromatic amines is 1. The van der Waals surface area contributed by atoms with Gasteiger partial charge in [0.1, 0.15) is 5.82 Å². The van der Waals surface area contributed by atoms with E-state index in [0.717, 1.165) is 54.0 Å². The van der Waals surface area contributed by atoms with Crippen LogP contribution in [0.4, 0.5) is 4.39 Å². The number of hydrogen-bond donors (Lipinski definition) is 3. The first-order chi connectivity index (χ1) is 15.2. The second-order valence-electron chi connectivity index (χ2n) is 7.43. The molecule has 168 valence electrons. The van der Waals surface area contributed by atoms with Gasteiger partial charge in [-0.15, -0.1) is 24.0 Å². The third-order valence-corrected chi connectivity index (χ3v) is 5.13. The van der Waals surface area contributed by atoms with Gasteiger partial charge in [-0.2, -0.15) is 0 Å². The summed E-state index contributed by atoms with van der Waals surface area (Å²) in [5.74, 6) is 0.561. The maximum atomic E-state index is 13.4. The molecule has 0 amide bonds. The largest absolute Gasteiger partial charge is 0.361 e. The maximum Gasteiger partial charge on any atom is 0.191 e. The molecule has 0 saturated heterocycles. The van der Waals surface area contributed by atoms with Crippen LogP contribution in [0.1, 0.15) is 23.6 Å². The monoisotopic (exact) mass is 546 g/mol. The minimum Gasteiger partial charge on any atom is -0.361 e. The standard InChI is InChI=1S/C24H27FN6.HI/c1-2-27-24(28-10-9-20-15-29-23-13-21(25)7-8-22(20)23)30-14-18-3-5-19(6-4-18)16-31-12-11-26-17-31;/h3-8,11-13,15,17,29H,2,9-10,14,16H2,1H3,(H2,27,28,30);1H. The first kappa shape index (κ1) is 23.8. The highest BCUT2D eigenvalue weighted by atomic mass is 127. The zero-order valence-corrected chi connectivity index (χ0v) is 20.3. The van der Waals surface area contributed by atoms with Crippen LogP contribution < -0.4 is 10.6 Å². The van der Waals surface area contributed by atoms with E-state index in [1.165, 1.54) is 17.7 Å². The molecule has 0 aliphatic heterocycles. The highest BCUT2D eigenvalue weighted by molar-refractivity contribution is 14.0. The van der Waals surface area contributed by atoms with Crippen LogP contribution in [-0.4, -0.2) is 33.6 Å². The van der Waals surface area contributed by atoms with Crippen LogP contribution in [0.25, 0.3) is 10.9 Å². The lowest BCUT2D eigenvalue weighted by Gasteiger charge is -2.11. The molecule has 0 radical (unpaired) electrons. The second-order valence-corrected chi connectivity index (χ2v) is 7.43. The Bertz CT molecular complexity index is 1140. The Morgan fingerprint density at radius 2 is 1.94 bits per heavy atom. The number of hydrogen-bond acceptors (Lipinski definition) is 2. The molecule has 0 bridgehead atoms. The summed E-state index contributed by atoms with van der Waals surface area (Å²) in [5.41, 5.74) is 4.37. The van der Waals surface area contributed by atoms with Crippen molar-refractivity contribution in [3.63, 3.8) is 0 Å². The minimum atomic E-state index is -0.227. The third-order valence-electron chi connectivity index (χ3n) is 5.13. The smallest absolute Gasteiger partial charge is 0.191 e. The fourth-order valence-corrected chi connectivity index (χ4v) is 3.53. The van der Waals surface area contributed by atoms with Crippen molar-refractivity contribution in [2.24, 2.45) is 4.99 Å². The van der Waals surface area contributed by atoms with Crippen LogP contribution in [0.3, 0.4) is 0 Å². The Balaban J connectivity index is 0.00000289. The van der Waals surface area contributed by atoms with E-state index in [1.807, 2.05) is 29.4 Å². The predicted molar refractivity (Wildman–Crippen MR) is 138 cm³/mol. The third kappa shape index (κ3) is 6.32. The fraction of sp³-hybridized carbons (Fsp3) is 0.250. The molecule has 0 fully saturated rings. The number of rotatable bonds is 8. The Morgan fingerprint density at radius 1 is 1.12 bits per heavy atom. The Labute approximate surface area is 204 Å². The minimum absolute atomic E-state index is 0. The number of aromatic nitrogens is 3. The molecule has 2 aromatic carbocycles. The van der Waals surface area contributed by atoms with Gasteiger partial charge in [0.25, 0.3) is 0 Å². The van der Waals surface area contributed by atoms with E-state index < -0.39 is 0 Å². The highest BCUT2D eigenvalue weighted by Gasteiger charge is 2.05. The average Bonchev–Trinajstić information content (AvgIpc) is 3.43. The average molecular weight is 546 g/mol. The molecule has 2 heterocycles. The highest BCUT2D eigenvalue weighted by Crippen LogP contribution is 2.19. The van der Waals surface area contributed by atoms with Crippen LogP contribution in [0.15, 0.2) is 72.4 Å². The lowest BCUT2D eigenvalue weighted by atomic mass is 10.1. The van der Waals surface area contributed by atoms with Crippen LogP contribution in [-0.2, 0) is 19.5 Å². The van der Waals surface area contributed by atoms with Gasteiger partial charge < -0.3 is 20.2 Å². The molecule has 4 rings (SSSR count). The van der Waals surface area contributed by atoms with Gasteiger partial charge in [-0.05, 0) is 48.2 Å². The zero-order valence-electron chi connectivity index (χ0n) is 18.0. The van der Waals surface area contributed by atoms with Gasteiger partial charge in [0.05, 0.1) is 12.9 Å². The molecule has 2 aromatic heterocycles. The van der Waals surface area contributed by atoms with Crippen molar-refractivity contribution in [3.8, 4) is 0 Å². The fourth-order valence-electron chi connectivity index (χ4n) is 3.53. The van der Waals surface area contributed by atoms with Crippen LogP contribution in [0, 0.1) is 5.82 Å². The molecule has 3 N–H and O–H groups in total. The molecule has 0 unspecified atom stereocenters. The number of imidazole rings is 1. The van der Waals surface area contributed by atoms with Crippen molar-refractivity contribution in [2.75, 3.05) is 13.1 Å². The van der Waals surface area contributed by atoms with Crippen molar-refractivity contribution in [2.45, 2.75) is 26.4 Å². The van der Waals surface area contributed by atoms with Gasteiger partial charge in [-0.25, -0.2) is 14.4 Å². The number of nitrogens with one attached hydrogen (secondary N) is 3. The molecular formula is C24H28FIN6. The van der Waals surface area contributed by atoms with Crippen molar-refractivity contribution >= 4 is 40.8 Å². The van der Waals surface area contributed by atoms with Gasteiger partial charge in [0.2, 0.25) is 0 Å². The molecule has 0 aliphatic carbocycles. The molecule has 0 aliphatic rings. The number of aliphatic imine (C=N–C) groups is 1. The van der Waals surface area contributed by atoms with Crippen molar-refractivity contribution in [3.05, 3.63) is 89.9 Å². The van der Waals surface area contributed by atoms with Crippen LogP contribution in [0.5, 0.6) is 0 Å². The van der Waals surface area contributed by atoms with Crippen LogP contribution in [0.2, 0.25) is 0 Å². The predicted octanol–water partition coefficient (Wildman–Crippen LogP) is 4.47. The van der Waals surface area contributed by atoms with E-state index in [1.54, 1.807) is 6.20 Å². The summed E-state index contributed by atoms with van der Waals surface area (Å²) in [4.78, 5) is 11.9. The first-order valence-corrected chi connectivity index (χ1v) is 10.5. The van der Waals surface area contributed by atoms with E-state index in [-0.39, 0.29) is 29.8 Å². The van der Waals surface area contributed by atoms with E-state index in [4.69, 9.17) is 4.99 Å². The van der Waals surface area contributed by atoms with Crippen molar-refractivity contribution in [1.29, 1.82) is 0 Å². The van der Waals surface area contributed by atoms with Gasteiger partial charge in [-0.3, -0.25) is 0 Å². The van der Waals surface area contributed by atoms with Gasteiger partial charge >= 0.3 is 0 Å².